The molecule has 0 radical (unpaired) electrons. The lowest BCUT2D eigenvalue weighted by atomic mass is 9.41. The van der Waals surface area contributed by atoms with E-state index in [1.165, 1.54) is 62.1 Å². The monoisotopic (exact) mass is 657 g/mol. The fraction of sp³-hybridized carbons (Fsp3) is 0.708. The molecule has 1 unspecified atom stereocenters. The average molecular weight is 657 g/mol. The van der Waals surface area contributed by atoms with Gasteiger partial charge < -0.3 is 0 Å². The van der Waals surface area contributed by atoms with Crippen molar-refractivity contribution < 1.29 is 0 Å². The van der Waals surface area contributed by atoms with Crippen LogP contribution in [0.2, 0.25) is 0 Å². The second-order valence-corrected chi connectivity index (χ2v) is 19.7. The smallest absolute Gasteiger partial charge is 0.0136 e. The van der Waals surface area contributed by atoms with Crippen LogP contribution in [0, 0.1) is 94.3 Å². The van der Waals surface area contributed by atoms with Crippen LogP contribution in [0.3, 0.4) is 0 Å². The van der Waals surface area contributed by atoms with E-state index in [0.717, 1.165) is 12.8 Å². The summed E-state index contributed by atoms with van der Waals surface area (Å²) in [5.74, 6) is 1.71. The average Bonchev–Trinajstić information content (AvgIpc) is 2.96. The molecule has 0 spiro atoms. The molecule has 0 aliphatic carbocycles. The Kier molecular flexibility index (Phi) is 12.4. The molecular weight excluding hydrogens is 577 g/mol. The first-order chi connectivity index (χ1) is 21.5. The molecule has 48 heavy (non-hydrogen) atoms. The van der Waals surface area contributed by atoms with Gasteiger partial charge in [-0.05, 0) is 192 Å². The molecule has 0 saturated carbocycles. The highest BCUT2D eigenvalue weighted by molar-refractivity contribution is 5.73. The largest absolute Gasteiger partial charge is 0.0950 e. The number of rotatable bonds is 13. The molecule has 2 aromatic rings. The molecular formula is C48H80. The fourth-order valence-corrected chi connectivity index (χ4v) is 9.47. The second kappa shape index (κ2) is 14.1. The van der Waals surface area contributed by atoms with Crippen molar-refractivity contribution in [3.8, 4) is 0 Å². The minimum Gasteiger partial charge on any atom is -0.0950 e. The Morgan fingerprint density at radius 1 is 0.500 bits per heavy atom. The summed E-state index contributed by atoms with van der Waals surface area (Å²) in [6.07, 6.45) is 3.36. The molecule has 2 aromatic carbocycles. The van der Waals surface area contributed by atoms with E-state index < -0.39 is 0 Å². The van der Waals surface area contributed by atoms with E-state index in [0.29, 0.717) is 17.8 Å². The molecule has 0 aliphatic rings. The zero-order valence-corrected chi connectivity index (χ0v) is 36.6. The van der Waals surface area contributed by atoms with Crippen LogP contribution in [0.1, 0.15) is 183 Å². The van der Waals surface area contributed by atoms with Crippen molar-refractivity contribution in [1.82, 2.24) is 0 Å². The summed E-state index contributed by atoms with van der Waals surface area (Å²) in [5.41, 5.74) is 19.5. The lowest BCUT2D eigenvalue weighted by Crippen LogP contribution is -2.57. The van der Waals surface area contributed by atoms with E-state index in [1.807, 2.05) is 0 Å². The molecule has 0 aliphatic heterocycles. The Balaban J connectivity index is 2.66. The molecule has 0 bridgehead atoms. The summed E-state index contributed by atoms with van der Waals surface area (Å²) in [4.78, 5) is 0. The molecule has 0 amide bonds. The second-order valence-electron chi connectivity index (χ2n) is 19.7. The summed E-state index contributed by atoms with van der Waals surface area (Å²) in [6, 6.07) is 0. The standard InChI is InChI=1S/C48H80/c1-25-39(29(4)5)43-37(13)33(9)41(34(10)38(43)14)27-45(17,18)47(21,22)48(23,24)46(19,20)44(15,16)26-40-31(7)35(11)42(30(6)28(2)3)36(12)32(40)8/h28-29,39H,6,25-27H2,1-5,7-24H3. The maximum atomic E-state index is 4.53. The van der Waals surface area contributed by atoms with Gasteiger partial charge in [0, 0.05) is 0 Å². The van der Waals surface area contributed by atoms with Crippen LogP contribution in [0.4, 0.5) is 0 Å². The van der Waals surface area contributed by atoms with E-state index in [2.05, 4.69) is 166 Å². The Morgan fingerprint density at radius 3 is 1.08 bits per heavy atom. The summed E-state index contributed by atoms with van der Waals surface area (Å²) < 4.78 is 0. The minimum atomic E-state index is 0.0293. The third-order valence-electron chi connectivity index (χ3n) is 16.0. The first-order valence-corrected chi connectivity index (χ1v) is 19.4. The maximum absolute atomic E-state index is 4.53. The molecule has 2 rings (SSSR count). The van der Waals surface area contributed by atoms with Crippen molar-refractivity contribution in [1.29, 1.82) is 0 Å². The fourth-order valence-electron chi connectivity index (χ4n) is 9.47. The van der Waals surface area contributed by atoms with Crippen molar-refractivity contribution in [2.75, 3.05) is 0 Å². The van der Waals surface area contributed by atoms with Crippen LogP contribution < -0.4 is 0 Å². The van der Waals surface area contributed by atoms with Gasteiger partial charge in [-0.25, -0.2) is 0 Å². The van der Waals surface area contributed by atoms with Gasteiger partial charge in [0.05, 0.1) is 0 Å². The summed E-state index contributed by atoms with van der Waals surface area (Å²) in [6.45, 7) is 60.9. The van der Waals surface area contributed by atoms with Crippen LogP contribution in [-0.4, -0.2) is 0 Å². The van der Waals surface area contributed by atoms with Gasteiger partial charge in [0.2, 0.25) is 0 Å². The van der Waals surface area contributed by atoms with Crippen LogP contribution in [0.25, 0.3) is 5.57 Å². The maximum Gasteiger partial charge on any atom is -0.0136 e. The summed E-state index contributed by atoms with van der Waals surface area (Å²) in [7, 11) is 0. The summed E-state index contributed by atoms with van der Waals surface area (Å²) in [5, 5.41) is 0. The van der Waals surface area contributed by atoms with Gasteiger partial charge in [0.1, 0.15) is 0 Å². The van der Waals surface area contributed by atoms with Gasteiger partial charge in [-0.3, -0.25) is 0 Å². The number of hydrogen-bond acceptors (Lipinski definition) is 0. The van der Waals surface area contributed by atoms with E-state index >= 15 is 0 Å². The number of hydrogen-bond donors (Lipinski definition) is 0. The minimum absolute atomic E-state index is 0.0293. The number of allylic oxidation sites excluding steroid dienone is 1. The van der Waals surface area contributed by atoms with Crippen LogP contribution in [0.15, 0.2) is 6.58 Å². The van der Waals surface area contributed by atoms with Crippen molar-refractivity contribution in [2.24, 2.45) is 38.9 Å². The summed E-state index contributed by atoms with van der Waals surface area (Å²) >= 11 is 0. The topological polar surface area (TPSA) is 0 Å². The van der Waals surface area contributed by atoms with Crippen LogP contribution in [-0.2, 0) is 12.8 Å². The third-order valence-corrected chi connectivity index (χ3v) is 16.0. The Morgan fingerprint density at radius 2 is 0.812 bits per heavy atom. The SMILES string of the molecule is C=C(c1c(C)c(C)c(CC(C)(C)C(C)(C)C(C)(C)C(C)(C)C(C)(C)Cc2c(C)c(C)c(C(CC)C(C)C)c(C)c2C)c(C)c1C)C(C)C. The van der Waals surface area contributed by atoms with Crippen molar-refractivity contribution in [3.63, 3.8) is 0 Å². The zero-order valence-electron chi connectivity index (χ0n) is 36.6. The van der Waals surface area contributed by atoms with Crippen molar-refractivity contribution in [2.45, 2.75) is 184 Å². The lowest BCUT2D eigenvalue weighted by Gasteiger charge is -2.63. The zero-order chi connectivity index (χ0) is 37.9. The van der Waals surface area contributed by atoms with Crippen LogP contribution >= 0.6 is 0 Å². The first kappa shape index (κ1) is 42.3. The molecule has 0 aromatic heterocycles. The first-order valence-electron chi connectivity index (χ1n) is 19.4. The van der Waals surface area contributed by atoms with Gasteiger partial charge in [0.15, 0.2) is 0 Å². The molecule has 0 saturated heterocycles. The lowest BCUT2D eigenvalue weighted by molar-refractivity contribution is -0.141. The van der Waals surface area contributed by atoms with Crippen molar-refractivity contribution in [3.05, 3.63) is 73.3 Å². The van der Waals surface area contributed by atoms with Gasteiger partial charge in [0.25, 0.3) is 0 Å². The van der Waals surface area contributed by atoms with Gasteiger partial charge in [-0.1, -0.05) is 110 Å². The van der Waals surface area contributed by atoms with Gasteiger partial charge in [-0.2, -0.15) is 0 Å². The predicted molar refractivity (Wildman–Crippen MR) is 219 cm³/mol. The highest BCUT2D eigenvalue weighted by Gasteiger charge is 2.58. The molecule has 0 N–H and O–H groups in total. The normalized spacial score (nSPS) is 14.4. The molecule has 0 heterocycles. The van der Waals surface area contributed by atoms with E-state index in [1.54, 1.807) is 16.7 Å². The van der Waals surface area contributed by atoms with Crippen LogP contribution in [0.5, 0.6) is 0 Å². The molecule has 1 atom stereocenters. The Bertz CT molecular complexity index is 1450. The number of benzene rings is 2. The van der Waals surface area contributed by atoms with E-state index in [4.69, 9.17) is 0 Å². The highest BCUT2D eigenvalue weighted by atomic mass is 14.6. The van der Waals surface area contributed by atoms with Crippen molar-refractivity contribution >= 4 is 5.57 Å². The predicted octanol–water partition coefficient (Wildman–Crippen LogP) is 14.9. The highest BCUT2D eigenvalue weighted by Crippen LogP contribution is 2.65. The third kappa shape index (κ3) is 6.79. The van der Waals surface area contributed by atoms with Gasteiger partial charge in [-0.15, -0.1) is 0 Å². The Labute approximate surface area is 301 Å². The van der Waals surface area contributed by atoms with E-state index in [-0.39, 0.29) is 27.1 Å². The molecule has 0 nitrogen and oxygen atoms in total. The molecule has 0 heteroatoms. The van der Waals surface area contributed by atoms with E-state index in [9.17, 15) is 0 Å². The molecule has 0 fully saturated rings. The van der Waals surface area contributed by atoms with Gasteiger partial charge >= 0.3 is 0 Å². The Hall–Kier alpha value is -1.82. The molecule has 272 valence electrons. The quantitative estimate of drug-likeness (QED) is 0.201.